The summed E-state index contributed by atoms with van der Waals surface area (Å²) < 4.78 is 41.3. The molecule has 1 atom stereocenters. The Morgan fingerprint density at radius 2 is 1.69 bits per heavy atom. The van der Waals surface area contributed by atoms with Crippen molar-refractivity contribution in [1.82, 2.24) is 19.8 Å². The summed E-state index contributed by atoms with van der Waals surface area (Å²) in [7, 11) is 0. The summed E-state index contributed by atoms with van der Waals surface area (Å²) >= 11 is 0. The maximum atomic E-state index is 13.2. The molecule has 3 fully saturated rings. The van der Waals surface area contributed by atoms with Gasteiger partial charge in [0.05, 0.1) is 11.2 Å². The molecule has 36 heavy (non-hydrogen) atoms. The van der Waals surface area contributed by atoms with Gasteiger partial charge in [0.1, 0.15) is 6.04 Å². The predicted molar refractivity (Wildman–Crippen MR) is 132 cm³/mol. The fourth-order valence-electron chi connectivity index (χ4n) is 5.25. The van der Waals surface area contributed by atoms with Gasteiger partial charge in [0.2, 0.25) is 5.91 Å². The molecule has 190 valence electrons. The van der Waals surface area contributed by atoms with E-state index in [-0.39, 0.29) is 12.5 Å². The van der Waals surface area contributed by atoms with Crippen LogP contribution in [0.3, 0.4) is 0 Å². The SMILES string of the molecule is O=C(C1CC1)N1CCN(c2ccnn3cc(-c4ccc(N5CCNC(C(F)(F)F)C5)cc4)cc23)CC1. The van der Waals surface area contributed by atoms with Gasteiger partial charge in [0.15, 0.2) is 0 Å². The Bertz CT molecular complexity index is 1240. The highest BCUT2D eigenvalue weighted by atomic mass is 19.4. The van der Waals surface area contributed by atoms with Crippen LogP contribution in [-0.2, 0) is 4.79 Å². The zero-order valence-electron chi connectivity index (χ0n) is 19.9. The minimum atomic E-state index is -4.25. The van der Waals surface area contributed by atoms with Gasteiger partial charge in [-0.3, -0.25) is 4.79 Å². The van der Waals surface area contributed by atoms with E-state index < -0.39 is 12.2 Å². The van der Waals surface area contributed by atoms with E-state index in [2.05, 4.69) is 21.4 Å². The number of fused-ring (bicyclic) bond motifs is 1. The van der Waals surface area contributed by atoms with E-state index in [1.165, 1.54) is 0 Å². The molecular weight excluding hydrogens is 469 g/mol. The Morgan fingerprint density at radius 3 is 2.39 bits per heavy atom. The number of halogens is 3. The third kappa shape index (κ3) is 4.50. The molecule has 1 aromatic carbocycles. The van der Waals surface area contributed by atoms with Crippen LogP contribution in [0.1, 0.15) is 12.8 Å². The quantitative estimate of drug-likeness (QED) is 0.598. The van der Waals surface area contributed by atoms with Gasteiger partial charge in [-0.05, 0) is 42.7 Å². The molecule has 2 saturated heterocycles. The van der Waals surface area contributed by atoms with E-state index in [4.69, 9.17) is 0 Å². The standard InChI is InChI=1S/C26H29F3N6O/c27-26(28,29)24-17-34(10-9-30-24)21-5-3-18(4-6-21)20-15-23-22(7-8-31-35(23)16-20)32-11-13-33(14-12-32)25(36)19-1-2-19/h3-8,15-16,19,24,30H,1-2,9-14,17H2. The van der Waals surface area contributed by atoms with E-state index in [0.29, 0.717) is 19.0 Å². The summed E-state index contributed by atoms with van der Waals surface area (Å²) in [5, 5.41) is 7.04. The molecule has 1 saturated carbocycles. The van der Waals surface area contributed by atoms with Gasteiger partial charge >= 0.3 is 6.18 Å². The lowest BCUT2D eigenvalue weighted by atomic mass is 10.1. The second-order valence-electron chi connectivity index (χ2n) is 9.90. The van der Waals surface area contributed by atoms with Gasteiger partial charge < -0.3 is 20.0 Å². The van der Waals surface area contributed by atoms with Crippen LogP contribution >= 0.6 is 0 Å². The number of amides is 1. The van der Waals surface area contributed by atoms with Crippen molar-refractivity contribution in [2.45, 2.75) is 25.1 Å². The average molecular weight is 499 g/mol. The highest BCUT2D eigenvalue weighted by Crippen LogP contribution is 2.33. The molecule has 10 heteroatoms. The van der Waals surface area contributed by atoms with Crippen molar-refractivity contribution in [1.29, 1.82) is 0 Å². The summed E-state index contributed by atoms with van der Waals surface area (Å²) in [6.45, 7) is 3.79. The van der Waals surface area contributed by atoms with Gasteiger partial charge in [-0.25, -0.2) is 4.52 Å². The summed E-state index contributed by atoms with van der Waals surface area (Å²) in [5.41, 5.74) is 4.85. The maximum Gasteiger partial charge on any atom is 0.405 e. The summed E-state index contributed by atoms with van der Waals surface area (Å²) in [5.74, 6) is 0.555. The van der Waals surface area contributed by atoms with Gasteiger partial charge in [-0.1, -0.05) is 12.1 Å². The first-order chi connectivity index (χ1) is 17.4. The zero-order valence-corrected chi connectivity index (χ0v) is 19.9. The summed E-state index contributed by atoms with van der Waals surface area (Å²) in [6.07, 6.45) is 1.57. The number of alkyl halides is 3. The van der Waals surface area contributed by atoms with E-state index in [9.17, 15) is 18.0 Å². The lowest BCUT2D eigenvalue weighted by Crippen LogP contribution is -2.57. The predicted octanol–water partition coefficient (Wildman–Crippen LogP) is 3.40. The number of hydrogen-bond acceptors (Lipinski definition) is 5. The van der Waals surface area contributed by atoms with Crippen LogP contribution in [-0.4, -0.2) is 78.5 Å². The van der Waals surface area contributed by atoms with E-state index >= 15 is 0 Å². The van der Waals surface area contributed by atoms with Crippen LogP contribution in [0, 0.1) is 5.92 Å². The molecule has 0 bridgehead atoms. The molecule has 3 aromatic rings. The molecular formula is C26H29F3N6O. The Kier molecular flexibility index (Phi) is 5.78. The number of hydrogen-bond donors (Lipinski definition) is 1. The number of aromatic nitrogens is 2. The van der Waals surface area contributed by atoms with Crippen molar-refractivity contribution in [3.63, 3.8) is 0 Å². The van der Waals surface area contributed by atoms with Crippen molar-refractivity contribution in [3.05, 3.63) is 48.8 Å². The zero-order chi connectivity index (χ0) is 24.9. The summed E-state index contributed by atoms with van der Waals surface area (Å²) in [6, 6.07) is 10.3. The minimum Gasteiger partial charge on any atom is -0.368 e. The number of rotatable bonds is 4. The van der Waals surface area contributed by atoms with Crippen LogP contribution in [0.2, 0.25) is 0 Å². The van der Waals surface area contributed by atoms with Crippen LogP contribution in [0.4, 0.5) is 24.5 Å². The van der Waals surface area contributed by atoms with E-state index in [1.54, 1.807) is 11.1 Å². The number of piperazine rings is 2. The molecule has 0 radical (unpaired) electrons. The Balaban J connectivity index is 1.18. The number of carbonyl (C=O) groups is 1. The molecule has 1 amide bonds. The molecule has 0 spiro atoms. The van der Waals surface area contributed by atoms with E-state index in [0.717, 1.165) is 67.0 Å². The smallest absolute Gasteiger partial charge is 0.368 e. The highest BCUT2D eigenvalue weighted by molar-refractivity contribution is 5.82. The first-order valence-electron chi connectivity index (χ1n) is 12.5. The van der Waals surface area contributed by atoms with Crippen LogP contribution < -0.4 is 15.1 Å². The fraction of sp³-hybridized carbons (Fsp3) is 0.462. The first kappa shape index (κ1) is 23.1. The van der Waals surface area contributed by atoms with Crippen molar-refractivity contribution in [3.8, 4) is 11.1 Å². The lowest BCUT2D eigenvalue weighted by molar-refractivity contribution is -0.155. The second kappa shape index (κ2) is 8.99. The first-order valence-corrected chi connectivity index (χ1v) is 12.5. The number of nitrogens with one attached hydrogen (secondary N) is 1. The topological polar surface area (TPSA) is 56.1 Å². The molecule has 6 rings (SSSR count). The molecule has 2 aromatic heterocycles. The Morgan fingerprint density at radius 1 is 0.944 bits per heavy atom. The number of nitrogens with zero attached hydrogens (tertiary/aromatic N) is 5. The largest absolute Gasteiger partial charge is 0.405 e. The summed E-state index contributed by atoms with van der Waals surface area (Å²) in [4.78, 5) is 18.5. The van der Waals surface area contributed by atoms with Crippen molar-refractivity contribution < 1.29 is 18.0 Å². The molecule has 1 unspecified atom stereocenters. The van der Waals surface area contributed by atoms with Crippen LogP contribution in [0.15, 0.2) is 48.8 Å². The van der Waals surface area contributed by atoms with Crippen LogP contribution in [0.5, 0.6) is 0 Å². The molecule has 2 aliphatic heterocycles. The van der Waals surface area contributed by atoms with Crippen LogP contribution in [0.25, 0.3) is 16.6 Å². The van der Waals surface area contributed by atoms with Crippen molar-refractivity contribution in [2.24, 2.45) is 5.92 Å². The third-order valence-corrected chi connectivity index (χ3v) is 7.48. The van der Waals surface area contributed by atoms with Gasteiger partial charge in [0, 0.05) is 75.4 Å². The Labute approximate surface area is 207 Å². The maximum absolute atomic E-state index is 13.2. The Hall–Kier alpha value is -3.27. The second-order valence-corrected chi connectivity index (χ2v) is 9.90. The number of carbonyl (C=O) groups excluding carboxylic acids is 1. The fourth-order valence-corrected chi connectivity index (χ4v) is 5.25. The van der Waals surface area contributed by atoms with Gasteiger partial charge in [-0.2, -0.15) is 18.3 Å². The van der Waals surface area contributed by atoms with Gasteiger partial charge in [0.25, 0.3) is 0 Å². The lowest BCUT2D eigenvalue weighted by Gasteiger charge is -2.36. The molecule has 4 heterocycles. The van der Waals surface area contributed by atoms with Crippen molar-refractivity contribution in [2.75, 3.05) is 55.6 Å². The van der Waals surface area contributed by atoms with Crippen molar-refractivity contribution >= 4 is 22.8 Å². The number of anilines is 2. The average Bonchev–Trinajstić information content (AvgIpc) is 3.66. The number of benzene rings is 1. The normalized spacial score (nSPS) is 21.3. The molecule has 1 aliphatic carbocycles. The monoisotopic (exact) mass is 498 g/mol. The molecule has 7 nitrogen and oxygen atoms in total. The van der Waals surface area contributed by atoms with Gasteiger partial charge in [-0.15, -0.1) is 0 Å². The third-order valence-electron chi connectivity index (χ3n) is 7.48. The molecule has 1 N–H and O–H groups in total. The van der Waals surface area contributed by atoms with E-state index in [1.807, 2.05) is 45.9 Å². The molecule has 3 aliphatic rings. The minimum absolute atomic E-state index is 0.0915. The highest BCUT2D eigenvalue weighted by Gasteiger charge is 2.42.